The van der Waals surface area contributed by atoms with Gasteiger partial charge in [0.2, 0.25) is 0 Å². The van der Waals surface area contributed by atoms with Gasteiger partial charge in [-0.3, -0.25) is 14.8 Å². The molecule has 0 unspecified atom stereocenters. The summed E-state index contributed by atoms with van der Waals surface area (Å²) in [6, 6.07) is 21.6. The summed E-state index contributed by atoms with van der Waals surface area (Å²) in [4.78, 5) is 35.8. The number of aryl methyl sites for hydroxylation is 1. The molecule has 9 heteroatoms. The van der Waals surface area contributed by atoms with E-state index in [0.29, 0.717) is 37.0 Å². The largest absolute Gasteiger partial charge is 0.489 e. The Bertz CT molecular complexity index is 1640. The molecule has 3 aromatic carbocycles. The Morgan fingerprint density at radius 1 is 0.861 bits per heavy atom. The molecule has 8 nitrogen and oxygen atoms in total. The predicted octanol–water partition coefficient (Wildman–Crippen LogP) is 4.76. The molecule has 0 aliphatic heterocycles. The van der Waals surface area contributed by atoms with Gasteiger partial charge < -0.3 is 14.5 Å². The lowest BCUT2D eigenvalue weighted by molar-refractivity contribution is 0.287. The Labute approximate surface area is 214 Å². The maximum Gasteiger partial charge on any atom is 0.327 e. The Morgan fingerprint density at radius 2 is 1.69 bits per heavy atom. The molecular formula is C27H23BrN4O4. The number of ether oxygens (including phenoxy) is 2. The average Bonchev–Trinajstić information content (AvgIpc) is 3.28. The Balaban J connectivity index is 1.42. The van der Waals surface area contributed by atoms with Crippen molar-refractivity contribution < 1.29 is 9.47 Å². The number of aromatic nitrogens is 4. The molecule has 5 rings (SSSR count). The minimum Gasteiger partial charge on any atom is -0.489 e. The molecule has 0 fully saturated rings. The molecule has 0 saturated carbocycles. The van der Waals surface area contributed by atoms with Gasteiger partial charge in [0.25, 0.3) is 5.56 Å². The van der Waals surface area contributed by atoms with E-state index in [9.17, 15) is 9.59 Å². The maximum absolute atomic E-state index is 12.1. The van der Waals surface area contributed by atoms with Crippen molar-refractivity contribution in [2.45, 2.75) is 26.6 Å². The fraction of sp³-hybridized carbons (Fsp3) is 0.148. The highest BCUT2D eigenvalue weighted by atomic mass is 79.9. The molecule has 0 amide bonds. The van der Waals surface area contributed by atoms with Crippen LogP contribution in [-0.2, 0) is 19.6 Å². The van der Waals surface area contributed by atoms with Gasteiger partial charge in [-0.1, -0.05) is 70.5 Å². The summed E-state index contributed by atoms with van der Waals surface area (Å²) in [6.45, 7) is 2.83. The number of halogens is 1. The second kappa shape index (κ2) is 10.2. The first kappa shape index (κ1) is 23.6. The molecule has 0 radical (unpaired) electrons. The van der Waals surface area contributed by atoms with Gasteiger partial charge in [-0.25, -0.2) is 9.78 Å². The van der Waals surface area contributed by atoms with Crippen molar-refractivity contribution in [1.82, 2.24) is 19.9 Å². The number of nitrogens with one attached hydrogen (secondary N) is 3. The van der Waals surface area contributed by atoms with E-state index in [1.54, 1.807) is 0 Å². The van der Waals surface area contributed by atoms with Crippen molar-refractivity contribution in [3.8, 4) is 11.5 Å². The quantitative estimate of drug-likeness (QED) is 0.259. The average molecular weight is 547 g/mol. The summed E-state index contributed by atoms with van der Waals surface area (Å²) in [5, 5.41) is 0. The van der Waals surface area contributed by atoms with Crippen LogP contribution in [0.25, 0.3) is 11.2 Å². The maximum atomic E-state index is 12.1. The fourth-order valence-corrected chi connectivity index (χ4v) is 4.25. The standard InChI is InChI=1S/C27H23BrN4O4/c1-16-6-5-9-19(23(16)28)15-35-20-11-10-18(21(13-20)36-14-17-7-3-2-4-8-17)12-22-29-24-25(30-22)31-27(34)32-26(24)33/h2-11,13H,12,14-15H2,1H3,(H3,29,30,31,32,33,34). The third-order valence-electron chi connectivity index (χ3n) is 5.74. The normalized spacial score (nSPS) is 11.1. The van der Waals surface area contributed by atoms with E-state index >= 15 is 0 Å². The zero-order chi connectivity index (χ0) is 25.1. The lowest BCUT2D eigenvalue weighted by atomic mass is 10.1. The second-order valence-corrected chi connectivity index (χ2v) is 9.17. The zero-order valence-corrected chi connectivity index (χ0v) is 21.0. The van der Waals surface area contributed by atoms with Crippen LogP contribution in [0.1, 0.15) is 28.1 Å². The fourth-order valence-electron chi connectivity index (χ4n) is 3.87. The van der Waals surface area contributed by atoms with Gasteiger partial charge in [-0.05, 0) is 24.1 Å². The van der Waals surface area contributed by atoms with Crippen molar-refractivity contribution in [2.24, 2.45) is 0 Å². The third kappa shape index (κ3) is 5.26. The van der Waals surface area contributed by atoms with Crippen molar-refractivity contribution in [3.63, 3.8) is 0 Å². The van der Waals surface area contributed by atoms with Crippen molar-refractivity contribution >= 4 is 27.1 Å². The number of H-pyrrole nitrogens is 3. The smallest absolute Gasteiger partial charge is 0.327 e. The van der Waals surface area contributed by atoms with Crippen LogP contribution in [0.4, 0.5) is 0 Å². The molecule has 5 aromatic rings. The van der Waals surface area contributed by atoms with Gasteiger partial charge in [-0.15, -0.1) is 0 Å². The van der Waals surface area contributed by atoms with E-state index in [1.807, 2.05) is 73.7 Å². The summed E-state index contributed by atoms with van der Waals surface area (Å²) in [7, 11) is 0. The van der Waals surface area contributed by atoms with Crippen LogP contribution in [0.5, 0.6) is 11.5 Å². The monoisotopic (exact) mass is 546 g/mol. The first-order valence-electron chi connectivity index (χ1n) is 11.3. The van der Waals surface area contributed by atoms with Crippen LogP contribution in [0.3, 0.4) is 0 Å². The Kier molecular flexibility index (Phi) is 6.73. The number of hydrogen-bond donors (Lipinski definition) is 3. The minimum absolute atomic E-state index is 0.217. The topological polar surface area (TPSA) is 113 Å². The molecule has 182 valence electrons. The molecule has 0 aliphatic carbocycles. The Morgan fingerprint density at radius 3 is 2.53 bits per heavy atom. The number of aromatic amines is 3. The van der Waals surface area contributed by atoms with Crippen LogP contribution in [0.15, 0.2) is 80.8 Å². The summed E-state index contributed by atoms with van der Waals surface area (Å²) in [6.07, 6.45) is 0.365. The molecular weight excluding hydrogens is 524 g/mol. The first-order chi connectivity index (χ1) is 17.5. The lowest BCUT2D eigenvalue weighted by Crippen LogP contribution is -2.21. The number of hydrogen-bond acceptors (Lipinski definition) is 5. The van der Waals surface area contributed by atoms with Crippen LogP contribution in [0, 0.1) is 6.92 Å². The number of nitrogens with zero attached hydrogens (tertiary/aromatic N) is 1. The molecule has 2 aromatic heterocycles. The second-order valence-electron chi connectivity index (χ2n) is 8.37. The molecule has 0 aliphatic rings. The van der Waals surface area contributed by atoms with Gasteiger partial charge in [-0.2, -0.15) is 0 Å². The SMILES string of the molecule is Cc1cccc(COc2ccc(Cc3nc4[nH]c(=O)[nH]c(=O)c4[nH]3)c(OCc3ccccc3)c2)c1Br. The summed E-state index contributed by atoms with van der Waals surface area (Å²) in [5.74, 6) is 1.84. The molecule has 0 spiro atoms. The third-order valence-corrected chi connectivity index (χ3v) is 6.87. The van der Waals surface area contributed by atoms with Gasteiger partial charge in [0, 0.05) is 28.1 Å². The van der Waals surface area contributed by atoms with Crippen LogP contribution in [-0.4, -0.2) is 19.9 Å². The van der Waals surface area contributed by atoms with E-state index in [-0.39, 0.29) is 11.2 Å². The highest BCUT2D eigenvalue weighted by Crippen LogP contribution is 2.29. The number of benzene rings is 3. The molecule has 0 atom stereocenters. The summed E-state index contributed by atoms with van der Waals surface area (Å²) < 4.78 is 13.3. The van der Waals surface area contributed by atoms with Crippen LogP contribution < -0.4 is 20.7 Å². The number of rotatable bonds is 8. The van der Waals surface area contributed by atoms with E-state index in [0.717, 1.165) is 26.7 Å². The molecule has 0 bridgehead atoms. The van der Waals surface area contributed by atoms with E-state index in [1.165, 1.54) is 0 Å². The van der Waals surface area contributed by atoms with Gasteiger partial charge in [0.1, 0.15) is 36.1 Å². The van der Waals surface area contributed by atoms with E-state index in [2.05, 4.69) is 35.9 Å². The van der Waals surface area contributed by atoms with Gasteiger partial charge in [0.05, 0.1) is 0 Å². The van der Waals surface area contributed by atoms with Crippen LogP contribution in [0.2, 0.25) is 0 Å². The lowest BCUT2D eigenvalue weighted by Gasteiger charge is -2.14. The van der Waals surface area contributed by atoms with Gasteiger partial charge >= 0.3 is 5.69 Å². The minimum atomic E-state index is -0.598. The highest BCUT2D eigenvalue weighted by Gasteiger charge is 2.13. The molecule has 0 saturated heterocycles. The Hall–Kier alpha value is -4.11. The summed E-state index contributed by atoms with van der Waals surface area (Å²) >= 11 is 3.63. The van der Waals surface area contributed by atoms with E-state index < -0.39 is 11.2 Å². The zero-order valence-electron chi connectivity index (χ0n) is 19.4. The molecule has 2 heterocycles. The van der Waals surface area contributed by atoms with Crippen molar-refractivity contribution in [1.29, 1.82) is 0 Å². The van der Waals surface area contributed by atoms with Gasteiger partial charge in [0.15, 0.2) is 5.65 Å². The molecule has 3 N–H and O–H groups in total. The van der Waals surface area contributed by atoms with E-state index in [4.69, 9.17) is 9.47 Å². The predicted molar refractivity (Wildman–Crippen MR) is 141 cm³/mol. The highest BCUT2D eigenvalue weighted by molar-refractivity contribution is 9.10. The summed E-state index contributed by atoms with van der Waals surface area (Å²) in [5.41, 5.74) is 3.41. The molecule has 36 heavy (non-hydrogen) atoms. The first-order valence-corrected chi connectivity index (χ1v) is 12.1. The van der Waals surface area contributed by atoms with Crippen molar-refractivity contribution in [3.05, 3.63) is 120 Å². The van der Waals surface area contributed by atoms with Crippen molar-refractivity contribution in [2.75, 3.05) is 0 Å². The number of imidazole rings is 1. The van der Waals surface area contributed by atoms with Crippen LogP contribution >= 0.6 is 15.9 Å². The number of fused-ring (bicyclic) bond motifs is 1.